The lowest BCUT2D eigenvalue weighted by molar-refractivity contribution is -0.145. The first-order chi connectivity index (χ1) is 8.71. The standard InChI is InChI=1S/C14H16N2O2/c1-2-8-14(13(17)18,16-10-9-15-11-16)12-6-4-3-5-7-12/h3-7,9-11H,2,8H2,1H3,(H,17,18). The van der Waals surface area contributed by atoms with Crippen LogP contribution in [-0.2, 0) is 10.3 Å². The third-order valence-electron chi connectivity index (χ3n) is 3.16. The van der Waals surface area contributed by atoms with Gasteiger partial charge in [0.25, 0.3) is 0 Å². The van der Waals surface area contributed by atoms with Gasteiger partial charge in [0.1, 0.15) is 0 Å². The highest BCUT2D eigenvalue weighted by molar-refractivity contribution is 5.81. The van der Waals surface area contributed by atoms with Gasteiger partial charge in [-0.15, -0.1) is 0 Å². The number of imidazole rings is 1. The third-order valence-corrected chi connectivity index (χ3v) is 3.16. The molecule has 1 heterocycles. The Labute approximate surface area is 106 Å². The van der Waals surface area contributed by atoms with Gasteiger partial charge in [-0.05, 0) is 12.0 Å². The number of nitrogens with zero attached hydrogens (tertiary/aromatic N) is 2. The maximum Gasteiger partial charge on any atom is 0.334 e. The van der Waals surface area contributed by atoms with E-state index in [9.17, 15) is 9.90 Å². The molecule has 0 spiro atoms. The van der Waals surface area contributed by atoms with Crippen LogP contribution in [0, 0.1) is 0 Å². The molecule has 1 atom stereocenters. The smallest absolute Gasteiger partial charge is 0.334 e. The van der Waals surface area contributed by atoms with Crippen LogP contribution in [-0.4, -0.2) is 20.6 Å². The molecule has 0 saturated heterocycles. The minimum atomic E-state index is -1.06. The van der Waals surface area contributed by atoms with E-state index in [-0.39, 0.29) is 0 Å². The molecule has 2 aromatic rings. The molecule has 0 amide bonds. The topological polar surface area (TPSA) is 55.1 Å². The minimum Gasteiger partial charge on any atom is -0.479 e. The summed E-state index contributed by atoms with van der Waals surface area (Å²) in [4.78, 5) is 15.8. The van der Waals surface area contributed by atoms with Crippen LogP contribution in [0.5, 0.6) is 0 Å². The van der Waals surface area contributed by atoms with Crippen molar-refractivity contribution in [2.24, 2.45) is 0 Å². The maximum atomic E-state index is 11.9. The lowest BCUT2D eigenvalue weighted by Gasteiger charge is -2.31. The first-order valence-corrected chi connectivity index (χ1v) is 5.99. The number of aliphatic carboxylic acids is 1. The highest BCUT2D eigenvalue weighted by Crippen LogP contribution is 2.31. The lowest BCUT2D eigenvalue weighted by Crippen LogP contribution is -2.42. The van der Waals surface area contributed by atoms with E-state index in [1.54, 1.807) is 23.3 Å². The van der Waals surface area contributed by atoms with Crippen molar-refractivity contribution in [1.82, 2.24) is 9.55 Å². The van der Waals surface area contributed by atoms with Gasteiger partial charge >= 0.3 is 5.97 Å². The van der Waals surface area contributed by atoms with Crippen molar-refractivity contribution < 1.29 is 9.90 Å². The third kappa shape index (κ3) is 1.90. The molecule has 1 N–H and O–H groups in total. The van der Waals surface area contributed by atoms with Crippen LogP contribution >= 0.6 is 0 Å². The van der Waals surface area contributed by atoms with Crippen molar-refractivity contribution in [2.75, 3.05) is 0 Å². The first kappa shape index (κ1) is 12.4. The van der Waals surface area contributed by atoms with Gasteiger partial charge in [-0.3, -0.25) is 0 Å². The number of hydrogen-bond donors (Lipinski definition) is 1. The van der Waals surface area contributed by atoms with Crippen LogP contribution in [0.25, 0.3) is 0 Å². The number of rotatable bonds is 5. The minimum absolute atomic E-state index is 0.530. The predicted octanol–water partition coefficient (Wildman–Crippen LogP) is 2.51. The van der Waals surface area contributed by atoms with E-state index in [4.69, 9.17) is 0 Å². The summed E-state index contributed by atoms with van der Waals surface area (Å²) in [6, 6.07) is 9.31. The molecule has 0 saturated carbocycles. The number of carboxylic acid groups (broad SMARTS) is 1. The van der Waals surface area contributed by atoms with Crippen LogP contribution in [0.2, 0.25) is 0 Å². The van der Waals surface area contributed by atoms with Gasteiger partial charge in [-0.25, -0.2) is 9.78 Å². The van der Waals surface area contributed by atoms with E-state index in [1.807, 2.05) is 37.3 Å². The molecule has 0 fully saturated rings. The summed E-state index contributed by atoms with van der Waals surface area (Å²) in [5.74, 6) is -0.853. The molecule has 4 nitrogen and oxygen atoms in total. The highest BCUT2D eigenvalue weighted by atomic mass is 16.4. The molecule has 0 radical (unpaired) electrons. The van der Waals surface area contributed by atoms with Gasteiger partial charge in [0.05, 0.1) is 6.33 Å². The molecule has 4 heteroatoms. The number of hydrogen-bond acceptors (Lipinski definition) is 2. The molecule has 0 aliphatic heterocycles. The van der Waals surface area contributed by atoms with Crippen molar-refractivity contribution in [3.8, 4) is 0 Å². The Balaban J connectivity index is 2.62. The summed E-state index contributed by atoms with van der Waals surface area (Å²) in [6.45, 7) is 1.98. The quantitative estimate of drug-likeness (QED) is 0.879. The summed E-state index contributed by atoms with van der Waals surface area (Å²) in [5, 5.41) is 9.73. The molecule has 94 valence electrons. The molecule has 1 aromatic heterocycles. The van der Waals surface area contributed by atoms with Gasteiger partial charge in [0.2, 0.25) is 0 Å². The second kappa shape index (κ2) is 5.04. The average Bonchev–Trinajstić information content (AvgIpc) is 2.90. The fraction of sp³-hybridized carbons (Fsp3) is 0.286. The molecular weight excluding hydrogens is 228 g/mol. The lowest BCUT2D eigenvalue weighted by atomic mass is 9.85. The Morgan fingerprint density at radius 3 is 2.61 bits per heavy atom. The van der Waals surface area contributed by atoms with Gasteiger partial charge < -0.3 is 9.67 Å². The second-order valence-electron chi connectivity index (χ2n) is 4.25. The first-order valence-electron chi connectivity index (χ1n) is 5.99. The molecule has 2 rings (SSSR count). The van der Waals surface area contributed by atoms with Crippen LogP contribution in [0.1, 0.15) is 25.3 Å². The summed E-state index contributed by atoms with van der Waals surface area (Å²) in [5.41, 5.74) is -0.288. The van der Waals surface area contributed by atoms with Crippen molar-refractivity contribution in [2.45, 2.75) is 25.3 Å². The fourth-order valence-corrected chi connectivity index (χ4v) is 2.32. The molecule has 0 aliphatic carbocycles. The van der Waals surface area contributed by atoms with Crippen LogP contribution in [0.3, 0.4) is 0 Å². The van der Waals surface area contributed by atoms with E-state index < -0.39 is 11.5 Å². The van der Waals surface area contributed by atoms with Crippen molar-refractivity contribution in [1.29, 1.82) is 0 Å². The van der Waals surface area contributed by atoms with Crippen molar-refractivity contribution >= 4 is 5.97 Å². The maximum absolute atomic E-state index is 11.9. The molecule has 18 heavy (non-hydrogen) atoms. The number of carbonyl (C=O) groups is 1. The van der Waals surface area contributed by atoms with Crippen molar-refractivity contribution in [3.05, 3.63) is 54.6 Å². The van der Waals surface area contributed by atoms with E-state index in [1.165, 1.54) is 0 Å². The number of benzene rings is 1. The van der Waals surface area contributed by atoms with Gasteiger partial charge in [-0.1, -0.05) is 43.7 Å². The fourth-order valence-electron chi connectivity index (χ4n) is 2.32. The van der Waals surface area contributed by atoms with E-state index in [0.29, 0.717) is 6.42 Å². The molecule has 1 unspecified atom stereocenters. The Hall–Kier alpha value is -2.10. The summed E-state index contributed by atoms with van der Waals surface area (Å²) < 4.78 is 1.67. The Kier molecular flexibility index (Phi) is 3.46. The monoisotopic (exact) mass is 244 g/mol. The SMILES string of the molecule is CCCC(C(=O)O)(c1ccccc1)n1ccnc1. The normalized spacial score (nSPS) is 14.1. The zero-order valence-corrected chi connectivity index (χ0v) is 10.3. The predicted molar refractivity (Wildman–Crippen MR) is 68.3 cm³/mol. The summed E-state index contributed by atoms with van der Waals surface area (Å²) in [7, 11) is 0. The summed E-state index contributed by atoms with van der Waals surface area (Å²) in [6.07, 6.45) is 6.19. The Bertz CT molecular complexity index is 508. The summed E-state index contributed by atoms with van der Waals surface area (Å²) >= 11 is 0. The van der Waals surface area contributed by atoms with Gasteiger partial charge in [0, 0.05) is 12.4 Å². The molecular formula is C14H16N2O2. The second-order valence-corrected chi connectivity index (χ2v) is 4.25. The van der Waals surface area contributed by atoms with Crippen LogP contribution in [0.4, 0.5) is 0 Å². The van der Waals surface area contributed by atoms with Gasteiger partial charge in [-0.2, -0.15) is 0 Å². The molecule has 0 bridgehead atoms. The molecule has 0 aliphatic rings. The Morgan fingerprint density at radius 1 is 1.39 bits per heavy atom. The Morgan fingerprint density at radius 2 is 2.11 bits per heavy atom. The largest absolute Gasteiger partial charge is 0.479 e. The zero-order chi connectivity index (χ0) is 13.0. The van der Waals surface area contributed by atoms with Crippen LogP contribution in [0.15, 0.2) is 49.1 Å². The highest BCUT2D eigenvalue weighted by Gasteiger charge is 2.41. The van der Waals surface area contributed by atoms with E-state index in [2.05, 4.69) is 4.98 Å². The van der Waals surface area contributed by atoms with Gasteiger partial charge in [0.15, 0.2) is 5.54 Å². The number of aromatic nitrogens is 2. The van der Waals surface area contributed by atoms with E-state index in [0.717, 1.165) is 12.0 Å². The number of carboxylic acids is 1. The van der Waals surface area contributed by atoms with Crippen LogP contribution < -0.4 is 0 Å². The molecule has 1 aromatic carbocycles. The van der Waals surface area contributed by atoms with E-state index >= 15 is 0 Å². The van der Waals surface area contributed by atoms with Crippen molar-refractivity contribution in [3.63, 3.8) is 0 Å². The zero-order valence-electron chi connectivity index (χ0n) is 10.3. The average molecular weight is 244 g/mol.